The number of fused-ring (bicyclic) bond motifs is 1. The van der Waals surface area contributed by atoms with Crippen LogP contribution in [0.25, 0.3) is 0 Å². The van der Waals surface area contributed by atoms with Crippen molar-refractivity contribution >= 4 is 27.3 Å². The second kappa shape index (κ2) is 3.04. The van der Waals surface area contributed by atoms with Gasteiger partial charge in [-0.3, -0.25) is 0 Å². The van der Waals surface area contributed by atoms with Crippen LogP contribution in [0.15, 0.2) is 4.47 Å². The van der Waals surface area contributed by atoms with Crippen LogP contribution in [0.1, 0.15) is 28.2 Å². The predicted molar refractivity (Wildman–Crippen MR) is 60.5 cm³/mol. The van der Waals surface area contributed by atoms with Gasteiger partial charge in [-0.1, -0.05) is 0 Å². The highest BCUT2D eigenvalue weighted by molar-refractivity contribution is 9.10. The highest BCUT2D eigenvalue weighted by Gasteiger charge is 2.44. The summed E-state index contributed by atoms with van der Waals surface area (Å²) in [5.74, 6) is 0. The molecule has 14 heavy (non-hydrogen) atoms. The third-order valence-electron chi connectivity index (χ3n) is 2.99. The maximum atomic E-state index is 6.22. The first-order valence-corrected chi connectivity index (χ1v) is 6.49. The Kier molecular flexibility index (Phi) is 2.03. The molecule has 0 spiro atoms. The highest BCUT2D eigenvalue weighted by Crippen LogP contribution is 2.51. The van der Waals surface area contributed by atoms with Gasteiger partial charge in [0.05, 0.1) is 18.8 Å². The Balaban J connectivity index is 2.09. The Hall–Kier alpha value is 0.1000. The van der Waals surface area contributed by atoms with E-state index < -0.39 is 0 Å². The molecule has 1 saturated carbocycles. The van der Waals surface area contributed by atoms with Gasteiger partial charge in [-0.2, -0.15) is 0 Å². The molecule has 1 aliphatic carbocycles. The summed E-state index contributed by atoms with van der Waals surface area (Å²) in [6, 6.07) is 0. The Bertz CT molecular complexity index is 384. The third-order valence-corrected chi connectivity index (χ3v) is 5.64. The fraction of sp³-hybridized carbons (Fsp3) is 0.600. The first-order chi connectivity index (χ1) is 6.71. The van der Waals surface area contributed by atoms with Crippen LogP contribution < -0.4 is 5.73 Å². The van der Waals surface area contributed by atoms with E-state index in [2.05, 4.69) is 15.9 Å². The van der Waals surface area contributed by atoms with Crippen LogP contribution in [0.4, 0.5) is 0 Å². The number of hydrogen-bond acceptors (Lipinski definition) is 3. The number of rotatable bonds is 1. The summed E-state index contributed by atoms with van der Waals surface area (Å²) in [4.78, 5) is 2.81. The standard InChI is InChI=1S/C10H12BrNOS/c11-8-6-5-13-4-1-7(6)14-9(8)10(12)2-3-10/h1-5,12H2. The normalized spacial score (nSPS) is 23.3. The average molecular weight is 274 g/mol. The van der Waals surface area contributed by atoms with Crippen molar-refractivity contribution in [2.75, 3.05) is 6.61 Å². The maximum Gasteiger partial charge on any atom is 0.0739 e. The number of ether oxygens (including phenoxy) is 1. The van der Waals surface area contributed by atoms with Gasteiger partial charge < -0.3 is 10.5 Å². The molecule has 0 amide bonds. The molecule has 1 fully saturated rings. The Labute approximate surface area is 95.6 Å². The summed E-state index contributed by atoms with van der Waals surface area (Å²) in [7, 11) is 0. The van der Waals surface area contributed by atoms with Gasteiger partial charge in [-0.25, -0.2) is 0 Å². The molecule has 0 atom stereocenters. The first kappa shape index (κ1) is 9.33. The minimum absolute atomic E-state index is 0.0131. The molecule has 4 heteroatoms. The van der Waals surface area contributed by atoms with E-state index in [0.717, 1.165) is 32.5 Å². The van der Waals surface area contributed by atoms with Crippen molar-refractivity contribution in [2.24, 2.45) is 5.73 Å². The van der Waals surface area contributed by atoms with Crippen LogP contribution in [0.3, 0.4) is 0 Å². The van der Waals surface area contributed by atoms with Crippen LogP contribution in [-0.4, -0.2) is 6.61 Å². The smallest absolute Gasteiger partial charge is 0.0739 e. The lowest BCUT2D eigenvalue weighted by atomic mass is 10.1. The summed E-state index contributed by atoms with van der Waals surface area (Å²) in [5.41, 5.74) is 7.55. The lowest BCUT2D eigenvalue weighted by Crippen LogP contribution is -2.17. The molecule has 2 heterocycles. The van der Waals surface area contributed by atoms with Crippen LogP contribution in [0.2, 0.25) is 0 Å². The van der Waals surface area contributed by atoms with E-state index in [-0.39, 0.29) is 5.54 Å². The summed E-state index contributed by atoms with van der Waals surface area (Å²) in [6.45, 7) is 1.61. The van der Waals surface area contributed by atoms with Gasteiger partial charge in [0.15, 0.2) is 0 Å². The zero-order valence-electron chi connectivity index (χ0n) is 7.81. The summed E-state index contributed by atoms with van der Waals surface area (Å²) in [5, 5.41) is 0. The fourth-order valence-corrected chi connectivity index (χ4v) is 4.31. The topological polar surface area (TPSA) is 35.2 Å². The SMILES string of the molecule is NC1(c2sc3c(c2Br)COCC3)CC1. The Morgan fingerprint density at radius 3 is 2.86 bits per heavy atom. The number of halogens is 1. The van der Waals surface area contributed by atoms with Gasteiger partial charge in [0.25, 0.3) is 0 Å². The van der Waals surface area contributed by atoms with E-state index in [1.807, 2.05) is 11.3 Å². The van der Waals surface area contributed by atoms with Crippen molar-refractivity contribution < 1.29 is 4.74 Å². The van der Waals surface area contributed by atoms with Crippen molar-refractivity contribution in [2.45, 2.75) is 31.4 Å². The molecule has 1 aliphatic heterocycles. The van der Waals surface area contributed by atoms with Gasteiger partial charge >= 0.3 is 0 Å². The predicted octanol–water partition coefficient (Wildman–Crippen LogP) is 2.53. The molecule has 0 bridgehead atoms. The van der Waals surface area contributed by atoms with Gasteiger partial charge in [0.1, 0.15) is 0 Å². The van der Waals surface area contributed by atoms with E-state index in [1.165, 1.54) is 19.8 Å². The lowest BCUT2D eigenvalue weighted by molar-refractivity contribution is 0.111. The molecule has 1 aromatic heterocycles. The molecule has 0 radical (unpaired) electrons. The van der Waals surface area contributed by atoms with Crippen LogP contribution in [0, 0.1) is 0 Å². The zero-order valence-corrected chi connectivity index (χ0v) is 10.2. The van der Waals surface area contributed by atoms with Crippen molar-refractivity contribution in [1.82, 2.24) is 0 Å². The fourth-order valence-electron chi connectivity index (χ4n) is 1.86. The molecular weight excluding hydrogens is 262 g/mol. The van der Waals surface area contributed by atoms with E-state index in [9.17, 15) is 0 Å². The quantitative estimate of drug-likeness (QED) is 0.854. The van der Waals surface area contributed by atoms with Crippen molar-refractivity contribution in [1.29, 1.82) is 0 Å². The summed E-state index contributed by atoms with van der Waals surface area (Å²) >= 11 is 5.54. The third kappa shape index (κ3) is 1.28. The number of hydrogen-bond donors (Lipinski definition) is 1. The minimum Gasteiger partial charge on any atom is -0.376 e. The van der Waals surface area contributed by atoms with E-state index in [1.54, 1.807) is 0 Å². The van der Waals surface area contributed by atoms with Crippen LogP contribution >= 0.6 is 27.3 Å². The van der Waals surface area contributed by atoms with Gasteiger partial charge in [-0.05, 0) is 28.8 Å². The van der Waals surface area contributed by atoms with E-state index in [0.29, 0.717) is 0 Å². The van der Waals surface area contributed by atoms with E-state index >= 15 is 0 Å². The molecule has 0 aromatic carbocycles. The molecule has 76 valence electrons. The molecule has 1 aromatic rings. The minimum atomic E-state index is -0.0131. The van der Waals surface area contributed by atoms with Crippen molar-refractivity contribution in [3.8, 4) is 0 Å². The molecule has 2 N–H and O–H groups in total. The van der Waals surface area contributed by atoms with E-state index in [4.69, 9.17) is 10.5 Å². The summed E-state index contributed by atoms with van der Waals surface area (Å²) < 4.78 is 6.68. The molecule has 3 rings (SSSR count). The van der Waals surface area contributed by atoms with Crippen molar-refractivity contribution in [3.05, 3.63) is 19.8 Å². The molecule has 0 saturated heterocycles. The number of thiophene rings is 1. The van der Waals surface area contributed by atoms with Gasteiger partial charge in [-0.15, -0.1) is 11.3 Å². The molecule has 2 aliphatic rings. The first-order valence-electron chi connectivity index (χ1n) is 4.88. The second-order valence-corrected chi connectivity index (χ2v) is 6.00. The monoisotopic (exact) mass is 273 g/mol. The van der Waals surface area contributed by atoms with Gasteiger partial charge in [0.2, 0.25) is 0 Å². The maximum absolute atomic E-state index is 6.22. The molecule has 2 nitrogen and oxygen atoms in total. The largest absolute Gasteiger partial charge is 0.376 e. The summed E-state index contributed by atoms with van der Waals surface area (Å²) in [6.07, 6.45) is 3.31. The van der Waals surface area contributed by atoms with Crippen LogP contribution in [-0.2, 0) is 23.3 Å². The number of nitrogens with two attached hydrogens (primary N) is 1. The van der Waals surface area contributed by atoms with Gasteiger partial charge in [0, 0.05) is 26.2 Å². The Morgan fingerprint density at radius 2 is 2.21 bits per heavy atom. The highest BCUT2D eigenvalue weighted by atomic mass is 79.9. The lowest BCUT2D eigenvalue weighted by Gasteiger charge is -2.11. The molecular formula is C10H12BrNOS. The Morgan fingerprint density at radius 1 is 1.43 bits per heavy atom. The van der Waals surface area contributed by atoms with Crippen molar-refractivity contribution in [3.63, 3.8) is 0 Å². The average Bonchev–Trinajstić information content (AvgIpc) is 2.84. The second-order valence-electron chi connectivity index (χ2n) is 4.11. The zero-order chi connectivity index (χ0) is 9.76. The molecule has 0 unspecified atom stereocenters. The van der Waals surface area contributed by atoms with Crippen LogP contribution in [0.5, 0.6) is 0 Å².